The summed E-state index contributed by atoms with van der Waals surface area (Å²) in [7, 11) is 0. The molecule has 0 heterocycles. The molecule has 0 aromatic heterocycles. The van der Waals surface area contributed by atoms with Gasteiger partial charge in [-0.2, -0.15) is 0 Å². The summed E-state index contributed by atoms with van der Waals surface area (Å²) in [5.74, 6) is -1.35. The first-order valence-electron chi connectivity index (χ1n) is 5.61. The van der Waals surface area contributed by atoms with Gasteiger partial charge >= 0.3 is 5.97 Å². The van der Waals surface area contributed by atoms with E-state index in [0.29, 0.717) is 10.0 Å². The van der Waals surface area contributed by atoms with Gasteiger partial charge in [-0.25, -0.2) is 0 Å². The summed E-state index contributed by atoms with van der Waals surface area (Å²) in [6, 6.07) is 5.23. The molecule has 0 saturated heterocycles. The van der Waals surface area contributed by atoms with Gasteiger partial charge in [-0.1, -0.05) is 15.9 Å². The number of aliphatic carboxylic acids is 1. The summed E-state index contributed by atoms with van der Waals surface area (Å²) >= 11 is 6.62. The summed E-state index contributed by atoms with van der Waals surface area (Å²) in [6.07, 6.45) is 0. The number of carboxylic acids is 1. The maximum Gasteiger partial charge on any atom is 0.323 e. The van der Waals surface area contributed by atoms with E-state index < -0.39 is 11.5 Å². The second kappa shape index (κ2) is 6.05. The van der Waals surface area contributed by atoms with Crippen LogP contribution >= 0.6 is 31.9 Å². The summed E-state index contributed by atoms with van der Waals surface area (Å²) < 4.78 is 1.41. The number of rotatable bonds is 3. The Kier molecular flexibility index (Phi) is 5.15. The molecule has 104 valence electrons. The largest absolute Gasteiger partial charge is 0.480 e. The minimum Gasteiger partial charge on any atom is -0.480 e. The molecule has 0 radical (unpaired) electrons. The molecule has 1 amide bonds. The van der Waals surface area contributed by atoms with E-state index in [4.69, 9.17) is 5.11 Å². The van der Waals surface area contributed by atoms with Crippen molar-refractivity contribution in [3.05, 3.63) is 32.7 Å². The second-order valence-electron chi connectivity index (χ2n) is 5.08. The SMILES string of the molecule is CC(C)(C)N(CC(=O)O)C(=O)c1cc(Br)ccc1Br. The lowest BCUT2D eigenvalue weighted by Gasteiger charge is -2.34. The van der Waals surface area contributed by atoms with Crippen LogP contribution in [0.25, 0.3) is 0 Å². The molecule has 0 aliphatic carbocycles. The van der Waals surface area contributed by atoms with E-state index >= 15 is 0 Å². The third kappa shape index (κ3) is 4.31. The highest BCUT2D eigenvalue weighted by molar-refractivity contribution is 9.11. The predicted octanol–water partition coefficient (Wildman–Crippen LogP) is 3.54. The Morgan fingerprint density at radius 3 is 2.32 bits per heavy atom. The average Bonchev–Trinajstić information content (AvgIpc) is 2.26. The van der Waals surface area contributed by atoms with Crippen molar-refractivity contribution in [3.63, 3.8) is 0 Å². The van der Waals surface area contributed by atoms with Crippen LogP contribution in [0.15, 0.2) is 27.1 Å². The summed E-state index contributed by atoms with van der Waals surface area (Å²) in [5.41, 5.74) is -0.136. The van der Waals surface area contributed by atoms with Gasteiger partial charge in [0.1, 0.15) is 6.54 Å². The number of carbonyl (C=O) groups excluding carboxylic acids is 1. The predicted molar refractivity (Wildman–Crippen MR) is 80.3 cm³/mol. The lowest BCUT2D eigenvalue weighted by atomic mass is 10.0. The molecule has 0 saturated carbocycles. The monoisotopic (exact) mass is 391 g/mol. The van der Waals surface area contributed by atoms with Crippen molar-refractivity contribution < 1.29 is 14.7 Å². The first-order chi connectivity index (χ1) is 8.62. The molecule has 1 rings (SSSR count). The topological polar surface area (TPSA) is 57.6 Å². The number of halogens is 2. The van der Waals surface area contributed by atoms with Crippen LogP contribution in [-0.2, 0) is 4.79 Å². The van der Waals surface area contributed by atoms with Gasteiger partial charge in [-0.05, 0) is 54.9 Å². The van der Waals surface area contributed by atoms with Crippen molar-refractivity contribution in [1.29, 1.82) is 0 Å². The lowest BCUT2D eigenvalue weighted by molar-refractivity contribution is -0.138. The highest BCUT2D eigenvalue weighted by Gasteiger charge is 2.30. The summed E-state index contributed by atoms with van der Waals surface area (Å²) in [4.78, 5) is 24.8. The lowest BCUT2D eigenvalue weighted by Crippen LogP contribution is -2.48. The van der Waals surface area contributed by atoms with E-state index in [0.717, 1.165) is 4.47 Å². The summed E-state index contributed by atoms with van der Waals surface area (Å²) in [6.45, 7) is 5.08. The number of carbonyl (C=O) groups is 2. The van der Waals surface area contributed by atoms with Gasteiger partial charge in [0.15, 0.2) is 0 Å². The Labute approximate surface area is 129 Å². The molecule has 0 atom stereocenters. The van der Waals surface area contributed by atoms with Crippen LogP contribution in [-0.4, -0.2) is 34.0 Å². The Morgan fingerprint density at radius 2 is 1.84 bits per heavy atom. The molecular formula is C13H15Br2NO3. The third-order valence-corrected chi connectivity index (χ3v) is 3.69. The van der Waals surface area contributed by atoms with Crippen molar-refractivity contribution in [2.24, 2.45) is 0 Å². The fourth-order valence-corrected chi connectivity index (χ4v) is 2.33. The van der Waals surface area contributed by atoms with Crippen molar-refractivity contribution >= 4 is 43.7 Å². The van der Waals surface area contributed by atoms with E-state index in [9.17, 15) is 9.59 Å². The molecule has 1 N–H and O–H groups in total. The summed E-state index contributed by atoms with van der Waals surface area (Å²) in [5, 5.41) is 8.95. The van der Waals surface area contributed by atoms with Crippen molar-refractivity contribution in [2.45, 2.75) is 26.3 Å². The average molecular weight is 393 g/mol. The molecule has 1 aromatic rings. The maximum absolute atomic E-state index is 12.5. The van der Waals surface area contributed by atoms with E-state index in [-0.39, 0.29) is 12.5 Å². The Bertz CT molecular complexity index is 509. The maximum atomic E-state index is 12.5. The number of hydrogen-bond donors (Lipinski definition) is 1. The number of amides is 1. The minimum atomic E-state index is -1.03. The molecule has 0 unspecified atom stereocenters. The fraction of sp³-hybridized carbons (Fsp3) is 0.385. The number of carboxylic acid groups (broad SMARTS) is 1. The zero-order valence-electron chi connectivity index (χ0n) is 10.9. The smallest absolute Gasteiger partial charge is 0.323 e. The van der Waals surface area contributed by atoms with Crippen LogP contribution < -0.4 is 0 Å². The molecule has 6 heteroatoms. The number of nitrogens with zero attached hydrogens (tertiary/aromatic N) is 1. The molecule has 4 nitrogen and oxygen atoms in total. The highest BCUT2D eigenvalue weighted by Crippen LogP contribution is 2.25. The van der Waals surface area contributed by atoms with Gasteiger partial charge in [-0.15, -0.1) is 0 Å². The van der Waals surface area contributed by atoms with Crippen LogP contribution in [0, 0.1) is 0 Å². The molecule has 0 spiro atoms. The minimum absolute atomic E-state index is 0.317. The van der Waals surface area contributed by atoms with Gasteiger partial charge < -0.3 is 10.0 Å². The van der Waals surface area contributed by atoms with Crippen LogP contribution in [0.2, 0.25) is 0 Å². The highest BCUT2D eigenvalue weighted by atomic mass is 79.9. The van der Waals surface area contributed by atoms with Crippen LogP contribution in [0.4, 0.5) is 0 Å². The Morgan fingerprint density at radius 1 is 1.26 bits per heavy atom. The van der Waals surface area contributed by atoms with Gasteiger partial charge in [0.05, 0.1) is 5.56 Å². The van der Waals surface area contributed by atoms with E-state index in [1.165, 1.54) is 4.90 Å². The van der Waals surface area contributed by atoms with Crippen molar-refractivity contribution in [1.82, 2.24) is 4.90 Å². The van der Waals surface area contributed by atoms with E-state index in [2.05, 4.69) is 31.9 Å². The van der Waals surface area contributed by atoms with Gasteiger partial charge in [0.25, 0.3) is 5.91 Å². The molecule has 0 bridgehead atoms. The van der Waals surface area contributed by atoms with Crippen molar-refractivity contribution in [3.8, 4) is 0 Å². The van der Waals surface area contributed by atoms with Gasteiger partial charge in [0.2, 0.25) is 0 Å². The van der Waals surface area contributed by atoms with Crippen LogP contribution in [0.5, 0.6) is 0 Å². The molecule has 0 aliphatic rings. The normalized spacial score (nSPS) is 11.2. The Hall–Kier alpha value is -0.880. The second-order valence-corrected chi connectivity index (χ2v) is 6.85. The quantitative estimate of drug-likeness (QED) is 0.855. The third-order valence-electron chi connectivity index (χ3n) is 2.51. The van der Waals surface area contributed by atoms with Crippen LogP contribution in [0.3, 0.4) is 0 Å². The van der Waals surface area contributed by atoms with E-state index in [1.807, 2.05) is 0 Å². The first kappa shape index (κ1) is 16.2. The zero-order valence-corrected chi connectivity index (χ0v) is 14.1. The molecule has 1 aromatic carbocycles. The van der Waals surface area contributed by atoms with Crippen molar-refractivity contribution in [2.75, 3.05) is 6.54 Å². The fourth-order valence-electron chi connectivity index (χ4n) is 1.56. The number of hydrogen-bond acceptors (Lipinski definition) is 2. The molecular weight excluding hydrogens is 378 g/mol. The van der Waals surface area contributed by atoms with Gasteiger partial charge in [0, 0.05) is 14.5 Å². The molecule has 0 aliphatic heterocycles. The number of benzene rings is 1. The van der Waals surface area contributed by atoms with Crippen LogP contribution in [0.1, 0.15) is 31.1 Å². The zero-order chi connectivity index (χ0) is 14.8. The van der Waals surface area contributed by atoms with Gasteiger partial charge in [-0.3, -0.25) is 9.59 Å². The Balaban J connectivity index is 3.19. The first-order valence-corrected chi connectivity index (χ1v) is 7.20. The molecule has 0 fully saturated rings. The standard InChI is InChI=1S/C13H15Br2NO3/c1-13(2,3)16(7-11(17)18)12(19)9-6-8(14)4-5-10(9)15/h4-6H,7H2,1-3H3,(H,17,18). The molecule has 19 heavy (non-hydrogen) atoms. The van der Waals surface area contributed by atoms with E-state index in [1.54, 1.807) is 39.0 Å².